The monoisotopic (exact) mass is 224 g/mol. The summed E-state index contributed by atoms with van der Waals surface area (Å²) >= 11 is 6.00. The molecule has 15 heavy (non-hydrogen) atoms. The standard InChI is InChI=1S/C10H9ClN2O2/c1-15-9-6-12-13(10(9)11)7-4-2-3-5-8(7)14/h2-6,14H,1H3. The summed E-state index contributed by atoms with van der Waals surface area (Å²) in [5, 5.41) is 14.0. The topological polar surface area (TPSA) is 47.3 Å². The molecule has 1 heterocycles. The van der Waals surface area contributed by atoms with Gasteiger partial charge in [-0.2, -0.15) is 5.10 Å². The number of methoxy groups -OCH3 is 1. The average Bonchev–Trinajstić information content (AvgIpc) is 2.60. The molecule has 0 aliphatic carbocycles. The van der Waals surface area contributed by atoms with Gasteiger partial charge in [0.2, 0.25) is 0 Å². The van der Waals surface area contributed by atoms with E-state index < -0.39 is 0 Å². The van der Waals surface area contributed by atoms with E-state index in [1.54, 1.807) is 24.3 Å². The van der Waals surface area contributed by atoms with Crippen molar-refractivity contribution < 1.29 is 9.84 Å². The molecule has 1 aromatic heterocycles. The second kappa shape index (κ2) is 3.82. The van der Waals surface area contributed by atoms with Crippen LogP contribution in [-0.4, -0.2) is 22.0 Å². The summed E-state index contributed by atoms with van der Waals surface area (Å²) in [7, 11) is 1.51. The molecule has 0 spiro atoms. The van der Waals surface area contributed by atoms with Crippen LogP contribution in [-0.2, 0) is 0 Å². The van der Waals surface area contributed by atoms with Gasteiger partial charge in [-0.05, 0) is 12.1 Å². The molecule has 5 heteroatoms. The Hall–Kier alpha value is -1.68. The lowest BCUT2D eigenvalue weighted by Gasteiger charge is -2.05. The molecule has 0 aliphatic heterocycles. The third-order valence-electron chi connectivity index (χ3n) is 2.01. The van der Waals surface area contributed by atoms with Crippen molar-refractivity contribution in [3.63, 3.8) is 0 Å². The summed E-state index contributed by atoms with van der Waals surface area (Å²) in [4.78, 5) is 0. The molecule has 1 N–H and O–H groups in total. The summed E-state index contributed by atoms with van der Waals surface area (Å²) in [5.74, 6) is 0.588. The highest BCUT2D eigenvalue weighted by Crippen LogP contribution is 2.29. The Morgan fingerprint density at radius 3 is 2.73 bits per heavy atom. The predicted octanol–water partition coefficient (Wildman–Crippen LogP) is 2.24. The first kappa shape index (κ1) is 9.86. The molecule has 0 unspecified atom stereocenters. The van der Waals surface area contributed by atoms with Gasteiger partial charge in [-0.1, -0.05) is 23.7 Å². The van der Waals surface area contributed by atoms with E-state index in [0.717, 1.165) is 0 Å². The summed E-state index contributed by atoms with van der Waals surface area (Å²) in [5.41, 5.74) is 0.519. The van der Waals surface area contributed by atoms with E-state index in [9.17, 15) is 5.11 Å². The molecule has 0 saturated heterocycles. The molecule has 0 saturated carbocycles. The van der Waals surface area contributed by atoms with E-state index in [1.165, 1.54) is 18.0 Å². The van der Waals surface area contributed by atoms with Crippen LogP contribution >= 0.6 is 11.6 Å². The third-order valence-corrected chi connectivity index (χ3v) is 2.36. The van der Waals surface area contributed by atoms with Crippen molar-refractivity contribution >= 4 is 11.6 Å². The number of nitrogens with zero attached hydrogens (tertiary/aromatic N) is 2. The van der Waals surface area contributed by atoms with Crippen LogP contribution in [0, 0.1) is 0 Å². The Kier molecular flexibility index (Phi) is 2.51. The van der Waals surface area contributed by atoms with Crippen LogP contribution in [0.25, 0.3) is 5.69 Å². The summed E-state index contributed by atoms with van der Waals surface area (Å²) in [6.07, 6.45) is 1.49. The zero-order valence-electron chi connectivity index (χ0n) is 8.01. The SMILES string of the molecule is COc1cnn(-c2ccccc2O)c1Cl. The molecule has 0 amide bonds. The second-order valence-corrected chi connectivity index (χ2v) is 3.26. The Labute approximate surface area is 91.7 Å². The molecule has 2 aromatic rings. The number of rotatable bonds is 2. The van der Waals surface area contributed by atoms with Crippen molar-refractivity contribution in [1.82, 2.24) is 9.78 Å². The van der Waals surface area contributed by atoms with Gasteiger partial charge in [0.1, 0.15) is 11.4 Å². The lowest BCUT2D eigenvalue weighted by atomic mass is 10.3. The first-order valence-electron chi connectivity index (χ1n) is 4.30. The highest BCUT2D eigenvalue weighted by molar-refractivity contribution is 6.31. The fraction of sp³-hybridized carbons (Fsp3) is 0.100. The van der Waals surface area contributed by atoms with Gasteiger partial charge in [0.05, 0.1) is 13.3 Å². The molecule has 0 atom stereocenters. The normalized spacial score (nSPS) is 10.3. The maximum absolute atomic E-state index is 9.61. The van der Waals surface area contributed by atoms with Crippen molar-refractivity contribution in [2.24, 2.45) is 0 Å². The lowest BCUT2D eigenvalue weighted by molar-refractivity contribution is 0.415. The van der Waals surface area contributed by atoms with E-state index in [1.807, 2.05) is 0 Å². The minimum Gasteiger partial charge on any atom is -0.506 e. The highest BCUT2D eigenvalue weighted by Gasteiger charge is 2.12. The van der Waals surface area contributed by atoms with Gasteiger partial charge in [-0.25, -0.2) is 4.68 Å². The molecule has 0 aliphatic rings. The number of hydrogen-bond acceptors (Lipinski definition) is 3. The van der Waals surface area contributed by atoms with Crippen molar-refractivity contribution in [3.8, 4) is 17.2 Å². The Balaban J connectivity index is 2.55. The van der Waals surface area contributed by atoms with Gasteiger partial charge in [0.15, 0.2) is 10.9 Å². The fourth-order valence-corrected chi connectivity index (χ4v) is 1.53. The lowest BCUT2D eigenvalue weighted by Crippen LogP contribution is -1.96. The van der Waals surface area contributed by atoms with E-state index in [-0.39, 0.29) is 5.75 Å². The minimum absolute atomic E-state index is 0.116. The summed E-state index contributed by atoms with van der Waals surface area (Å²) in [6.45, 7) is 0. The molecule has 4 nitrogen and oxygen atoms in total. The van der Waals surface area contributed by atoms with Crippen LogP contribution in [0.4, 0.5) is 0 Å². The Morgan fingerprint density at radius 2 is 2.13 bits per heavy atom. The predicted molar refractivity (Wildman–Crippen MR) is 56.8 cm³/mol. The maximum atomic E-state index is 9.61. The number of aromatic nitrogens is 2. The number of phenols is 1. The second-order valence-electron chi connectivity index (χ2n) is 2.90. The highest BCUT2D eigenvalue weighted by atomic mass is 35.5. The molecular weight excluding hydrogens is 216 g/mol. The van der Waals surface area contributed by atoms with Crippen LogP contribution in [0.1, 0.15) is 0 Å². The number of halogens is 1. The fourth-order valence-electron chi connectivity index (χ4n) is 1.27. The molecule has 0 bridgehead atoms. The smallest absolute Gasteiger partial charge is 0.176 e. The van der Waals surface area contributed by atoms with E-state index in [0.29, 0.717) is 16.6 Å². The van der Waals surface area contributed by atoms with Crippen molar-refractivity contribution in [3.05, 3.63) is 35.6 Å². The quantitative estimate of drug-likeness (QED) is 0.851. The van der Waals surface area contributed by atoms with Crippen molar-refractivity contribution in [1.29, 1.82) is 0 Å². The van der Waals surface area contributed by atoms with Gasteiger partial charge in [-0.3, -0.25) is 0 Å². The molecule has 2 rings (SSSR count). The van der Waals surface area contributed by atoms with Crippen LogP contribution in [0.2, 0.25) is 5.15 Å². The van der Waals surface area contributed by atoms with E-state index in [2.05, 4.69) is 5.10 Å². The molecule has 78 valence electrons. The Bertz CT molecular complexity index is 482. The zero-order valence-corrected chi connectivity index (χ0v) is 8.77. The summed E-state index contributed by atoms with van der Waals surface area (Å²) in [6, 6.07) is 6.81. The van der Waals surface area contributed by atoms with E-state index in [4.69, 9.17) is 16.3 Å². The molecule has 0 fully saturated rings. The number of ether oxygens (including phenoxy) is 1. The first-order valence-corrected chi connectivity index (χ1v) is 4.67. The van der Waals surface area contributed by atoms with Gasteiger partial charge < -0.3 is 9.84 Å². The third kappa shape index (κ3) is 1.64. The van der Waals surface area contributed by atoms with Crippen molar-refractivity contribution in [2.75, 3.05) is 7.11 Å². The van der Waals surface area contributed by atoms with E-state index >= 15 is 0 Å². The first-order chi connectivity index (χ1) is 7.24. The molecular formula is C10H9ClN2O2. The number of phenolic OH excluding ortho intramolecular Hbond substituents is 1. The molecule has 0 radical (unpaired) electrons. The summed E-state index contributed by atoms with van der Waals surface area (Å²) < 4.78 is 6.40. The minimum atomic E-state index is 0.116. The van der Waals surface area contributed by atoms with Crippen molar-refractivity contribution in [2.45, 2.75) is 0 Å². The van der Waals surface area contributed by atoms with Crippen LogP contribution < -0.4 is 4.74 Å². The zero-order chi connectivity index (χ0) is 10.8. The largest absolute Gasteiger partial charge is 0.506 e. The number of para-hydroxylation sites is 2. The number of hydrogen-bond donors (Lipinski definition) is 1. The van der Waals surface area contributed by atoms with Crippen LogP contribution in [0.5, 0.6) is 11.5 Å². The van der Waals surface area contributed by atoms with Crippen LogP contribution in [0.3, 0.4) is 0 Å². The number of aromatic hydroxyl groups is 1. The maximum Gasteiger partial charge on any atom is 0.176 e. The van der Waals surface area contributed by atoms with Gasteiger partial charge in [0, 0.05) is 0 Å². The Morgan fingerprint density at radius 1 is 1.40 bits per heavy atom. The molecule has 1 aromatic carbocycles. The van der Waals surface area contributed by atoms with Crippen LogP contribution in [0.15, 0.2) is 30.5 Å². The average molecular weight is 225 g/mol. The number of benzene rings is 1. The van der Waals surface area contributed by atoms with Gasteiger partial charge in [-0.15, -0.1) is 0 Å². The van der Waals surface area contributed by atoms with Gasteiger partial charge in [0.25, 0.3) is 0 Å². The van der Waals surface area contributed by atoms with Gasteiger partial charge >= 0.3 is 0 Å².